The van der Waals surface area contributed by atoms with Crippen molar-refractivity contribution >= 4 is 46.8 Å². The van der Waals surface area contributed by atoms with E-state index in [-0.39, 0.29) is 0 Å². The molecule has 1 nitrogen and oxygen atoms in total. The minimum atomic E-state index is -1.15. The third kappa shape index (κ3) is 16.3. The molecular formula is C18H35Cl4N. The van der Waals surface area contributed by atoms with Crippen molar-refractivity contribution in [2.75, 3.05) is 0 Å². The lowest BCUT2D eigenvalue weighted by Gasteiger charge is -2.21. The van der Waals surface area contributed by atoms with Gasteiger partial charge in [-0.25, -0.2) is 0 Å². The molecule has 0 unspecified atom stereocenters. The molecular weight excluding hydrogens is 372 g/mol. The van der Waals surface area contributed by atoms with Crippen LogP contribution in [0.5, 0.6) is 0 Å². The van der Waals surface area contributed by atoms with Crippen LogP contribution in [0.25, 0.3) is 0 Å². The van der Waals surface area contributed by atoms with Crippen LogP contribution >= 0.6 is 46.8 Å². The average molecular weight is 407 g/mol. The summed E-state index contributed by atoms with van der Waals surface area (Å²) < 4.78 is -0.320. The molecule has 0 aliphatic heterocycles. The lowest BCUT2D eigenvalue weighted by atomic mass is 10.0. The maximum atomic E-state index is 5.96. The highest BCUT2D eigenvalue weighted by Crippen LogP contribution is 2.35. The van der Waals surface area contributed by atoms with Crippen LogP contribution in [0, 0.1) is 0 Å². The molecule has 0 aromatic heterocycles. The van der Waals surface area contributed by atoms with E-state index >= 15 is 0 Å². The number of rotatable bonds is 17. The van der Waals surface area contributed by atoms with E-state index < -0.39 is 4.46 Å². The highest BCUT2D eigenvalue weighted by Gasteiger charge is 2.29. The van der Waals surface area contributed by atoms with Crippen LogP contribution in [0.2, 0.25) is 0 Å². The number of halogens is 4. The molecule has 23 heavy (non-hydrogen) atoms. The molecule has 0 bridgehead atoms. The zero-order valence-corrected chi connectivity index (χ0v) is 17.8. The van der Waals surface area contributed by atoms with Crippen LogP contribution in [0.15, 0.2) is 0 Å². The first-order valence-corrected chi connectivity index (χ1v) is 10.9. The van der Waals surface area contributed by atoms with Gasteiger partial charge in [-0.15, -0.1) is 0 Å². The summed E-state index contributed by atoms with van der Waals surface area (Å²) in [6.45, 7) is 2.27. The lowest BCUT2D eigenvalue weighted by molar-refractivity contribution is 0.483. The van der Waals surface area contributed by atoms with Gasteiger partial charge in [-0.2, -0.15) is 0 Å². The van der Waals surface area contributed by atoms with Crippen molar-refractivity contribution in [3.05, 3.63) is 0 Å². The Kier molecular flexibility index (Phi) is 17.4. The first kappa shape index (κ1) is 24.1. The second-order valence-electron chi connectivity index (χ2n) is 6.60. The summed E-state index contributed by atoms with van der Waals surface area (Å²) in [6.07, 6.45) is 20.7. The van der Waals surface area contributed by atoms with Gasteiger partial charge in [-0.3, -0.25) is 0 Å². The highest BCUT2D eigenvalue weighted by molar-refractivity contribution is 6.53. The van der Waals surface area contributed by atoms with Crippen molar-refractivity contribution in [1.29, 1.82) is 0 Å². The fourth-order valence-corrected chi connectivity index (χ4v) is 3.23. The molecule has 0 saturated carbocycles. The monoisotopic (exact) mass is 405 g/mol. The molecule has 140 valence electrons. The van der Waals surface area contributed by atoms with Crippen LogP contribution in [-0.2, 0) is 0 Å². The molecule has 0 spiro atoms. The van der Waals surface area contributed by atoms with E-state index in [1.54, 1.807) is 0 Å². The van der Waals surface area contributed by atoms with E-state index in [1.165, 1.54) is 83.5 Å². The molecule has 0 heterocycles. The van der Waals surface area contributed by atoms with Gasteiger partial charge in [0.15, 0.2) is 4.46 Å². The van der Waals surface area contributed by atoms with E-state index in [1.807, 2.05) is 0 Å². The third-order valence-electron chi connectivity index (χ3n) is 4.33. The largest absolute Gasteiger partial charge is 0.198 e. The van der Waals surface area contributed by atoms with Gasteiger partial charge in [-0.05, 0) is 36.4 Å². The summed E-state index contributed by atoms with van der Waals surface area (Å²) in [7, 11) is 0. The maximum Gasteiger partial charge on any atom is 0.198 e. The van der Waals surface area contributed by atoms with Crippen molar-refractivity contribution in [3.63, 3.8) is 0 Å². The molecule has 0 aromatic rings. The third-order valence-corrected chi connectivity index (χ3v) is 5.97. The maximum absolute atomic E-state index is 5.96. The molecule has 5 heteroatoms. The first-order chi connectivity index (χ1) is 11.0. The van der Waals surface area contributed by atoms with Crippen molar-refractivity contribution in [2.45, 2.75) is 114 Å². The number of hydrogen-bond acceptors (Lipinski definition) is 1. The number of alkyl halides is 2. The fraction of sp³-hybridized carbons (Fsp3) is 1.00. The van der Waals surface area contributed by atoms with Gasteiger partial charge in [0, 0.05) is 0 Å². The van der Waals surface area contributed by atoms with Crippen molar-refractivity contribution < 1.29 is 0 Å². The van der Waals surface area contributed by atoms with Gasteiger partial charge >= 0.3 is 0 Å². The Morgan fingerprint density at radius 2 is 0.870 bits per heavy atom. The van der Waals surface area contributed by atoms with Crippen LogP contribution in [0.3, 0.4) is 0 Å². The predicted molar refractivity (Wildman–Crippen MR) is 108 cm³/mol. The molecule has 0 fully saturated rings. The van der Waals surface area contributed by atoms with Crippen molar-refractivity contribution in [3.8, 4) is 0 Å². The highest BCUT2D eigenvalue weighted by atomic mass is 35.6. The zero-order chi connectivity index (χ0) is 17.4. The summed E-state index contributed by atoms with van der Waals surface area (Å²) in [5, 5.41) is 0. The Balaban J connectivity index is 3.14. The fourth-order valence-electron chi connectivity index (χ4n) is 2.79. The standard InChI is InChI=1S/C18H35Cl4N/c1-2-3-4-5-6-7-8-9-10-11-12-13-14-15-16-17-18(19,20)23(21)22/h2-17H2,1H3. The number of unbranched alkanes of at least 4 members (excludes halogenated alkanes) is 14. The molecule has 0 aliphatic rings. The van der Waals surface area contributed by atoms with Crippen LogP contribution < -0.4 is 0 Å². The Bertz CT molecular complexity index is 247. The molecule has 0 radical (unpaired) electrons. The molecule has 0 saturated heterocycles. The second kappa shape index (κ2) is 16.6. The summed E-state index contributed by atoms with van der Waals surface area (Å²) in [6, 6.07) is 0. The van der Waals surface area contributed by atoms with Gasteiger partial charge in [0.05, 0.1) is 0 Å². The minimum Gasteiger partial charge on any atom is -0.0953 e. The summed E-state index contributed by atoms with van der Waals surface area (Å²) >= 11 is 23.1. The molecule has 0 aliphatic carbocycles. The lowest BCUT2D eigenvalue weighted by Crippen LogP contribution is -2.24. The summed E-state index contributed by atoms with van der Waals surface area (Å²) in [5.41, 5.74) is 0. The predicted octanol–water partition coefficient (Wildman–Crippen LogP) is 8.99. The van der Waals surface area contributed by atoms with Crippen LogP contribution in [-0.4, -0.2) is 8.40 Å². The Morgan fingerprint density at radius 3 is 1.17 bits per heavy atom. The van der Waals surface area contributed by atoms with E-state index in [0.29, 0.717) is 6.42 Å². The summed E-state index contributed by atoms with van der Waals surface area (Å²) in [5.74, 6) is 0. The normalized spacial score (nSPS) is 12.3. The van der Waals surface area contributed by atoms with Gasteiger partial charge in [0.25, 0.3) is 0 Å². The van der Waals surface area contributed by atoms with Crippen LogP contribution in [0.1, 0.15) is 110 Å². The van der Waals surface area contributed by atoms with Gasteiger partial charge in [0.2, 0.25) is 0 Å². The summed E-state index contributed by atoms with van der Waals surface area (Å²) in [4.78, 5) is 0. The molecule has 0 amide bonds. The van der Waals surface area contributed by atoms with Crippen molar-refractivity contribution in [1.82, 2.24) is 3.94 Å². The zero-order valence-electron chi connectivity index (χ0n) is 14.8. The molecule has 0 aromatic carbocycles. The Morgan fingerprint density at radius 1 is 0.565 bits per heavy atom. The molecule has 0 rings (SSSR count). The van der Waals surface area contributed by atoms with E-state index in [9.17, 15) is 0 Å². The smallest absolute Gasteiger partial charge is 0.0953 e. The minimum absolute atomic E-state index is 0.599. The van der Waals surface area contributed by atoms with E-state index in [2.05, 4.69) is 6.92 Å². The van der Waals surface area contributed by atoms with Gasteiger partial charge in [0.1, 0.15) is 0 Å². The average Bonchev–Trinajstić information content (AvgIpc) is 2.51. The van der Waals surface area contributed by atoms with Crippen LogP contribution in [0.4, 0.5) is 0 Å². The molecule has 0 atom stereocenters. The Labute approximate surface area is 164 Å². The van der Waals surface area contributed by atoms with Crippen molar-refractivity contribution in [2.24, 2.45) is 0 Å². The van der Waals surface area contributed by atoms with E-state index in [4.69, 9.17) is 46.8 Å². The second-order valence-corrected chi connectivity index (χ2v) is 8.89. The van der Waals surface area contributed by atoms with E-state index in [0.717, 1.165) is 16.8 Å². The van der Waals surface area contributed by atoms with Gasteiger partial charge in [-0.1, -0.05) is 124 Å². The quantitative estimate of drug-likeness (QED) is 0.101. The topological polar surface area (TPSA) is 3.24 Å². The molecule has 0 N–H and O–H groups in total. The number of hydrogen-bond donors (Lipinski definition) is 0. The Hall–Kier alpha value is 1.12. The SMILES string of the molecule is CCCCCCCCCCCCCCCCCC(Cl)(Cl)N(Cl)Cl. The first-order valence-electron chi connectivity index (χ1n) is 9.50. The van der Waals surface area contributed by atoms with Gasteiger partial charge < -0.3 is 0 Å². The number of nitrogens with zero attached hydrogens (tertiary/aromatic N) is 1.